The van der Waals surface area contributed by atoms with Crippen molar-refractivity contribution in [3.63, 3.8) is 0 Å². The van der Waals surface area contributed by atoms with Gasteiger partial charge in [0.05, 0.1) is 17.8 Å². The first-order valence-corrected chi connectivity index (χ1v) is 7.71. The molecule has 1 aromatic heterocycles. The lowest BCUT2D eigenvalue weighted by Crippen LogP contribution is -2.36. The van der Waals surface area contributed by atoms with Crippen molar-refractivity contribution in [2.75, 3.05) is 18.4 Å². The fourth-order valence-electron chi connectivity index (χ4n) is 2.52. The number of rotatable bonds is 3. The normalized spacial score (nSPS) is 14.2. The van der Waals surface area contributed by atoms with Crippen molar-refractivity contribution in [2.24, 2.45) is 0 Å². The maximum Gasteiger partial charge on any atom is 0.238 e. The Morgan fingerprint density at radius 1 is 1.38 bits per heavy atom. The summed E-state index contributed by atoms with van der Waals surface area (Å²) < 4.78 is 0. The largest absolute Gasteiger partial charge is 0.324 e. The van der Waals surface area contributed by atoms with E-state index in [1.165, 1.54) is 10.4 Å². The number of fused-ring (bicyclic) bond motifs is 1. The molecule has 2 aromatic rings. The van der Waals surface area contributed by atoms with Gasteiger partial charge in [0.15, 0.2) is 0 Å². The summed E-state index contributed by atoms with van der Waals surface area (Å²) in [5.41, 5.74) is 2.40. The van der Waals surface area contributed by atoms with E-state index in [0.29, 0.717) is 17.8 Å². The van der Waals surface area contributed by atoms with Crippen LogP contribution in [-0.2, 0) is 17.8 Å². The van der Waals surface area contributed by atoms with Gasteiger partial charge in [-0.15, -0.1) is 11.3 Å². The molecule has 0 aliphatic carbocycles. The molecular formula is C16H15N3OS. The highest BCUT2D eigenvalue weighted by Crippen LogP contribution is 2.23. The molecule has 0 atom stereocenters. The summed E-state index contributed by atoms with van der Waals surface area (Å²) in [6.45, 7) is 2.09. The predicted octanol–water partition coefficient (Wildman–Crippen LogP) is 2.62. The Kier molecular flexibility index (Phi) is 4.00. The minimum Gasteiger partial charge on any atom is -0.324 e. The molecule has 0 bridgehead atoms. The summed E-state index contributed by atoms with van der Waals surface area (Å²) >= 11 is 1.79. The van der Waals surface area contributed by atoms with Crippen molar-refractivity contribution >= 4 is 22.9 Å². The van der Waals surface area contributed by atoms with E-state index in [0.717, 1.165) is 19.5 Å². The van der Waals surface area contributed by atoms with Crippen LogP contribution in [0.3, 0.4) is 0 Å². The quantitative estimate of drug-likeness (QED) is 0.947. The summed E-state index contributed by atoms with van der Waals surface area (Å²) in [5, 5.41) is 14.0. The predicted molar refractivity (Wildman–Crippen MR) is 83.1 cm³/mol. The zero-order valence-electron chi connectivity index (χ0n) is 11.5. The van der Waals surface area contributed by atoms with Gasteiger partial charge >= 0.3 is 0 Å². The molecule has 0 unspecified atom stereocenters. The van der Waals surface area contributed by atoms with E-state index in [-0.39, 0.29) is 5.91 Å². The molecular weight excluding hydrogens is 282 g/mol. The molecule has 1 amide bonds. The molecule has 1 N–H and O–H groups in total. The van der Waals surface area contributed by atoms with Crippen molar-refractivity contribution in [2.45, 2.75) is 13.0 Å². The molecule has 0 saturated carbocycles. The Morgan fingerprint density at radius 3 is 3.10 bits per heavy atom. The number of carbonyl (C=O) groups excluding carboxylic acids is 1. The highest BCUT2D eigenvalue weighted by Gasteiger charge is 2.19. The van der Waals surface area contributed by atoms with Gasteiger partial charge in [-0.25, -0.2) is 0 Å². The molecule has 106 valence electrons. The van der Waals surface area contributed by atoms with E-state index in [1.54, 1.807) is 29.5 Å². The Labute approximate surface area is 127 Å². The van der Waals surface area contributed by atoms with E-state index >= 15 is 0 Å². The molecule has 0 spiro atoms. The summed E-state index contributed by atoms with van der Waals surface area (Å²) in [5.74, 6) is -0.0728. The number of anilines is 1. The van der Waals surface area contributed by atoms with E-state index in [9.17, 15) is 4.79 Å². The Hall–Kier alpha value is -2.16. The molecule has 21 heavy (non-hydrogen) atoms. The number of hydrogen-bond acceptors (Lipinski definition) is 4. The number of carbonyl (C=O) groups is 1. The lowest BCUT2D eigenvalue weighted by molar-refractivity contribution is -0.117. The van der Waals surface area contributed by atoms with Crippen molar-refractivity contribution in [1.82, 2.24) is 4.90 Å². The summed E-state index contributed by atoms with van der Waals surface area (Å²) in [7, 11) is 0. The van der Waals surface area contributed by atoms with Crippen molar-refractivity contribution < 1.29 is 4.79 Å². The molecule has 1 aliphatic heterocycles. The molecule has 0 fully saturated rings. The molecule has 1 aliphatic rings. The summed E-state index contributed by atoms with van der Waals surface area (Å²) in [6, 6.07) is 11.3. The number of nitrogens with zero attached hydrogens (tertiary/aromatic N) is 2. The topological polar surface area (TPSA) is 56.1 Å². The van der Waals surface area contributed by atoms with Crippen molar-refractivity contribution in [3.05, 3.63) is 51.7 Å². The molecule has 3 rings (SSSR count). The lowest BCUT2D eigenvalue weighted by atomic mass is 10.1. The van der Waals surface area contributed by atoms with E-state index < -0.39 is 0 Å². The van der Waals surface area contributed by atoms with Crippen LogP contribution < -0.4 is 5.32 Å². The van der Waals surface area contributed by atoms with Crippen LogP contribution in [0, 0.1) is 11.3 Å². The van der Waals surface area contributed by atoms with Gasteiger partial charge in [-0.1, -0.05) is 12.1 Å². The lowest BCUT2D eigenvalue weighted by Gasteiger charge is -2.26. The van der Waals surface area contributed by atoms with E-state index in [2.05, 4.69) is 27.7 Å². The maximum absolute atomic E-state index is 12.1. The number of benzene rings is 1. The highest BCUT2D eigenvalue weighted by molar-refractivity contribution is 7.10. The average Bonchev–Trinajstić information content (AvgIpc) is 2.95. The van der Waals surface area contributed by atoms with Crippen LogP contribution in [0.2, 0.25) is 0 Å². The van der Waals surface area contributed by atoms with Crippen LogP contribution in [0.5, 0.6) is 0 Å². The first-order chi connectivity index (χ1) is 10.3. The first kappa shape index (κ1) is 13.8. The van der Waals surface area contributed by atoms with Gasteiger partial charge in [0.1, 0.15) is 6.07 Å². The van der Waals surface area contributed by atoms with Crippen LogP contribution in [-0.4, -0.2) is 23.9 Å². The monoisotopic (exact) mass is 297 g/mol. The first-order valence-electron chi connectivity index (χ1n) is 6.83. The number of thiophene rings is 1. The zero-order valence-corrected chi connectivity index (χ0v) is 12.3. The van der Waals surface area contributed by atoms with Gasteiger partial charge in [-0.05, 0) is 35.6 Å². The molecule has 5 heteroatoms. The number of nitriles is 1. The average molecular weight is 297 g/mol. The van der Waals surface area contributed by atoms with Gasteiger partial charge in [0.25, 0.3) is 0 Å². The fraction of sp³-hybridized carbons (Fsp3) is 0.250. The SMILES string of the molecule is N#Cc1ccccc1NC(=O)CN1CCc2sccc2C1. The molecule has 1 aromatic carbocycles. The Bertz CT molecular complexity index is 702. The highest BCUT2D eigenvalue weighted by atomic mass is 32.1. The minimum absolute atomic E-state index is 0.0728. The van der Waals surface area contributed by atoms with Crippen molar-refractivity contribution in [1.29, 1.82) is 5.26 Å². The minimum atomic E-state index is -0.0728. The third kappa shape index (κ3) is 3.13. The summed E-state index contributed by atoms with van der Waals surface area (Å²) in [6.07, 6.45) is 1.01. The van der Waals surface area contributed by atoms with E-state index in [1.807, 2.05) is 6.07 Å². The Morgan fingerprint density at radius 2 is 2.24 bits per heavy atom. The van der Waals surface area contributed by atoms with Crippen LogP contribution in [0.25, 0.3) is 0 Å². The van der Waals surface area contributed by atoms with Crippen LogP contribution in [0.15, 0.2) is 35.7 Å². The summed E-state index contributed by atoms with van der Waals surface area (Å²) in [4.78, 5) is 15.7. The zero-order chi connectivity index (χ0) is 14.7. The van der Waals surface area contributed by atoms with Gasteiger partial charge in [0.2, 0.25) is 5.91 Å². The van der Waals surface area contributed by atoms with Crippen LogP contribution >= 0.6 is 11.3 Å². The second-order valence-corrected chi connectivity index (χ2v) is 6.04. The molecule has 0 radical (unpaired) electrons. The van der Waals surface area contributed by atoms with Gasteiger partial charge in [-0.3, -0.25) is 9.69 Å². The van der Waals surface area contributed by atoms with Gasteiger partial charge in [-0.2, -0.15) is 5.26 Å². The second kappa shape index (κ2) is 6.08. The van der Waals surface area contributed by atoms with Crippen molar-refractivity contribution in [3.8, 4) is 6.07 Å². The van der Waals surface area contributed by atoms with Crippen LogP contribution in [0.4, 0.5) is 5.69 Å². The second-order valence-electron chi connectivity index (χ2n) is 5.04. The molecule has 0 saturated heterocycles. The third-order valence-corrected chi connectivity index (χ3v) is 4.60. The smallest absolute Gasteiger partial charge is 0.238 e. The number of amides is 1. The fourth-order valence-corrected chi connectivity index (χ4v) is 3.41. The van der Waals surface area contributed by atoms with Gasteiger partial charge in [0, 0.05) is 18.0 Å². The Balaban J connectivity index is 1.62. The number of nitrogens with one attached hydrogen (secondary N) is 1. The van der Waals surface area contributed by atoms with Crippen LogP contribution in [0.1, 0.15) is 16.0 Å². The third-order valence-electron chi connectivity index (χ3n) is 3.58. The van der Waals surface area contributed by atoms with Gasteiger partial charge < -0.3 is 5.32 Å². The number of hydrogen-bond donors (Lipinski definition) is 1. The molecule has 2 heterocycles. The standard InChI is InChI=1S/C16H15N3OS/c17-9-12-3-1-2-4-14(12)18-16(20)11-19-7-5-15-13(10-19)6-8-21-15/h1-4,6,8H,5,7,10-11H2,(H,18,20). The number of para-hydroxylation sites is 1. The maximum atomic E-state index is 12.1. The molecule has 4 nitrogen and oxygen atoms in total. The van der Waals surface area contributed by atoms with E-state index in [4.69, 9.17) is 5.26 Å².